The molecule has 1 aromatic heterocycles. The van der Waals surface area contributed by atoms with E-state index in [0.717, 1.165) is 15.9 Å². The van der Waals surface area contributed by atoms with Gasteiger partial charge >= 0.3 is 0 Å². The first kappa shape index (κ1) is 18.1. The van der Waals surface area contributed by atoms with Gasteiger partial charge in [-0.25, -0.2) is 0 Å². The minimum atomic E-state index is -0.0644. The molecular weight excluding hydrogens is 398 g/mol. The van der Waals surface area contributed by atoms with Crippen molar-refractivity contribution >= 4 is 21.8 Å². The van der Waals surface area contributed by atoms with Crippen LogP contribution in [0.15, 0.2) is 59.1 Å². The summed E-state index contributed by atoms with van der Waals surface area (Å²) in [5.74, 6) is 1.31. The van der Waals surface area contributed by atoms with E-state index in [-0.39, 0.29) is 12.5 Å². The third-order valence-electron chi connectivity index (χ3n) is 3.59. The number of rotatable bonds is 8. The first-order chi connectivity index (χ1) is 12.7. The van der Waals surface area contributed by atoms with Crippen LogP contribution in [0.4, 0.5) is 0 Å². The van der Waals surface area contributed by atoms with E-state index in [1.165, 1.54) is 0 Å². The Balaban J connectivity index is 1.44. The van der Waals surface area contributed by atoms with Crippen molar-refractivity contribution in [2.75, 3.05) is 6.61 Å². The highest BCUT2D eigenvalue weighted by molar-refractivity contribution is 9.10. The number of carbonyl (C=O) groups excluding carboxylic acids is 1. The molecule has 0 atom stereocenters. The number of hydrogen-bond donors (Lipinski definition) is 1. The predicted molar refractivity (Wildman–Crippen MR) is 99.9 cm³/mol. The number of para-hydroxylation sites is 1. The summed E-state index contributed by atoms with van der Waals surface area (Å²) in [6.45, 7) is 0.755. The van der Waals surface area contributed by atoms with Gasteiger partial charge in [-0.2, -0.15) is 4.68 Å². The molecule has 3 aromatic rings. The molecule has 7 nitrogen and oxygen atoms in total. The van der Waals surface area contributed by atoms with E-state index in [4.69, 9.17) is 4.74 Å². The van der Waals surface area contributed by atoms with Gasteiger partial charge in [-0.15, -0.1) is 5.10 Å². The molecule has 1 N–H and O–H groups in total. The molecule has 0 radical (unpaired) electrons. The molecular formula is C18H18BrN5O2. The van der Waals surface area contributed by atoms with E-state index in [1.54, 1.807) is 4.68 Å². The Morgan fingerprint density at radius 1 is 1.15 bits per heavy atom. The van der Waals surface area contributed by atoms with Gasteiger partial charge in [-0.05, 0) is 47.2 Å². The van der Waals surface area contributed by atoms with Crippen molar-refractivity contribution in [3.63, 3.8) is 0 Å². The highest BCUT2D eigenvalue weighted by Crippen LogP contribution is 2.15. The number of nitrogens with zero attached hydrogens (tertiary/aromatic N) is 4. The number of nitrogens with one attached hydrogen (secondary N) is 1. The second-order valence-electron chi connectivity index (χ2n) is 5.53. The van der Waals surface area contributed by atoms with E-state index in [0.29, 0.717) is 25.3 Å². The average Bonchev–Trinajstić information content (AvgIpc) is 3.13. The Bertz CT molecular complexity index is 854. The second-order valence-corrected chi connectivity index (χ2v) is 6.44. The summed E-state index contributed by atoms with van der Waals surface area (Å²) in [7, 11) is 0. The van der Waals surface area contributed by atoms with Crippen LogP contribution in [-0.4, -0.2) is 32.7 Å². The molecule has 0 aliphatic rings. The molecule has 3 rings (SSSR count). The maximum absolute atomic E-state index is 12.0. The largest absolute Gasteiger partial charge is 0.494 e. The van der Waals surface area contributed by atoms with Crippen LogP contribution in [0.1, 0.15) is 18.7 Å². The summed E-state index contributed by atoms with van der Waals surface area (Å²) >= 11 is 3.42. The lowest BCUT2D eigenvalue weighted by Crippen LogP contribution is -2.25. The molecule has 0 saturated heterocycles. The SMILES string of the molecule is O=C(CCCOc1ccccc1)NCc1nnnn1-c1cccc(Br)c1. The van der Waals surface area contributed by atoms with Crippen LogP contribution >= 0.6 is 15.9 Å². The van der Waals surface area contributed by atoms with Crippen LogP contribution in [0.3, 0.4) is 0 Å². The van der Waals surface area contributed by atoms with Gasteiger partial charge in [0.25, 0.3) is 0 Å². The lowest BCUT2D eigenvalue weighted by Gasteiger charge is -2.08. The zero-order valence-corrected chi connectivity index (χ0v) is 15.6. The minimum Gasteiger partial charge on any atom is -0.494 e. The van der Waals surface area contributed by atoms with Crippen LogP contribution in [0.5, 0.6) is 5.75 Å². The fourth-order valence-corrected chi connectivity index (χ4v) is 2.72. The van der Waals surface area contributed by atoms with Crippen molar-refractivity contribution in [3.8, 4) is 11.4 Å². The molecule has 0 fully saturated rings. The number of aromatic nitrogens is 4. The number of benzene rings is 2. The Labute approximate surface area is 159 Å². The molecule has 1 heterocycles. The van der Waals surface area contributed by atoms with Crippen LogP contribution in [0.2, 0.25) is 0 Å². The molecule has 0 spiro atoms. The number of amides is 1. The smallest absolute Gasteiger partial charge is 0.220 e. The van der Waals surface area contributed by atoms with Gasteiger partial charge < -0.3 is 10.1 Å². The van der Waals surface area contributed by atoms with Crippen molar-refractivity contribution in [1.82, 2.24) is 25.5 Å². The van der Waals surface area contributed by atoms with E-state index < -0.39 is 0 Å². The molecule has 0 saturated carbocycles. The summed E-state index contributed by atoms with van der Waals surface area (Å²) in [5, 5.41) is 14.5. The van der Waals surface area contributed by atoms with Crippen molar-refractivity contribution in [2.45, 2.75) is 19.4 Å². The fraction of sp³-hybridized carbons (Fsp3) is 0.222. The normalized spacial score (nSPS) is 10.5. The van der Waals surface area contributed by atoms with Crippen molar-refractivity contribution in [3.05, 3.63) is 64.9 Å². The van der Waals surface area contributed by atoms with Crippen molar-refractivity contribution in [2.24, 2.45) is 0 Å². The average molecular weight is 416 g/mol. The lowest BCUT2D eigenvalue weighted by atomic mass is 10.3. The first-order valence-corrected chi connectivity index (χ1v) is 8.99. The van der Waals surface area contributed by atoms with Gasteiger partial charge in [0.05, 0.1) is 18.8 Å². The maximum Gasteiger partial charge on any atom is 0.220 e. The summed E-state index contributed by atoms with van der Waals surface area (Å²) in [6.07, 6.45) is 1.02. The Kier molecular flexibility index (Phi) is 6.32. The standard InChI is InChI=1S/C18H18BrN5O2/c19-14-6-4-7-15(12-14)24-17(21-22-23-24)13-20-18(25)10-5-11-26-16-8-2-1-3-9-16/h1-4,6-9,12H,5,10-11,13H2,(H,20,25). The lowest BCUT2D eigenvalue weighted by molar-refractivity contribution is -0.121. The van der Waals surface area contributed by atoms with Crippen LogP contribution in [0.25, 0.3) is 5.69 Å². The second kappa shape index (κ2) is 9.10. The molecule has 134 valence electrons. The summed E-state index contributed by atoms with van der Waals surface area (Å²) in [5.41, 5.74) is 0.824. The maximum atomic E-state index is 12.0. The third-order valence-corrected chi connectivity index (χ3v) is 4.08. The Morgan fingerprint density at radius 3 is 2.81 bits per heavy atom. The van der Waals surface area contributed by atoms with Crippen LogP contribution in [0, 0.1) is 0 Å². The van der Waals surface area contributed by atoms with Gasteiger partial charge in [-0.1, -0.05) is 40.2 Å². The summed E-state index contributed by atoms with van der Waals surface area (Å²) in [6, 6.07) is 17.2. The molecule has 0 bridgehead atoms. The predicted octanol–water partition coefficient (Wildman–Crippen LogP) is 2.90. The van der Waals surface area contributed by atoms with Crippen molar-refractivity contribution < 1.29 is 9.53 Å². The van der Waals surface area contributed by atoms with Gasteiger partial charge in [0.1, 0.15) is 5.75 Å². The molecule has 8 heteroatoms. The molecule has 0 aliphatic heterocycles. The number of ether oxygens (including phenoxy) is 1. The molecule has 0 aliphatic carbocycles. The molecule has 26 heavy (non-hydrogen) atoms. The zero-order valence-electron chi connectivity index (χ0n) is 14.0. The van der Waals surface area contributed by atoms with Crippen LogP contribution in [-0.2, 0) is 11.3 Å². The Hall–Kier alpha value is -2.74. The van der Waals surface area contributed by atoms with E-state index in [1.807, 2.05) is 54.6 Å². The first-order valence-electron chi connectivity index (χ1n) is 8.20. The zero-order chi connectivity index (χ0) is 18.2. The Morgan fingerprint density at radius 2 is 2.00 bits per heavy atom. The van der Waals surface area contributed by atoms with E-state index in [2.05, 4.69) is 36.8 Å². The fourth-order valence-electron chi connectivity index (χ4n) is 2.33. The highest BCUT2D eigenvalue weighted by atomic mass is 79.9. The van der Waals surface area contributed by atoms with Gasteiger partial charge in [0.2, 0.25) is 5.91 Å². The number of carbonyl (C=O) groups is 1. The highest BCUT2D eigenvalue weighted by Gasteiger charge is 2.10. The van der Waals surface area contributed by atoms with Gasteiger partial charge in [0, 0.05) is 10.9 Å². The molecule has 0 unspecified atom stereocenters. The molecule has 2 aromatic carbocycles. The van der Waals surface area contributed by atoms with Gasteiger partial charge in [0.15, 0.2) is 5.82 Å². The number of halogens is 1. The monoisotopic (exact) mass is 415 g/mol. The summed E-state index contributed by atoms with van der Waals surface area (Å²) < 4.78 is 8.10. The van der Waals surface area contributed by atoms with E-state index in [9.17, 15) is 4.79 Å². The molecule has 1 amide bonds. The van der Waals surface area contributed by atoms with Crippen molar-refractivity contribution in [1.29, 1.82) is 0 Å². The summed E-state index contributed by atoms with van der Waals surface area (Å²) in [4.78, 5) is 12.0. The van der Waals surface area contributed by atoms with Gasteiger partial charge in [-0.3, -0.25) is 4.79 Å². The minimum absolute atomic E-state index is 0.0644. The number of tetrazole rings is 1. The topological polar surface area (TPSA) is 81.9 Å². The van der Waals surface area contributed by atoms with Crippen LogP contribution < -0.4 is 10.1 Å². The third kappa shape index (κ3) is 5.13. The van der Waals surface area contributed by atoms with E-state index >= 15 is 0 Å². The number of hydrogen-bond acceptors (Lipinski definition) is 5. The quantitative estimate of drug-likeness (QED) is 0.571.